The monoisotopic (exact) mass is 298 g/mol. The van der Waals surface area contributed by atoms with Gasteiger partial charge in [0.15, 0.2) is 0 Å². The Balaban J connectivity index is 2.22. The van der Waals surface area contributed by atoms with E-state index in [9.17, 15) is 13.5 Å². The minimum Gasteiger partial charge on any atom is -0.391 e. The molecule has 0 radical (unpaired) electrons. The zero-order chi connectivity index (χ0) is 14.9. The molecule has 1 aromatic carbocycles. The van der Waals surface area contributed by atoms with Crippen LogP contribution in [0.3, 0.4) is 0 Å². The standard InChI is InChI=1S/C14H22N2O3S/c1-10-7-8-16(9-14(10)17)20(18,19)13-5-3-12(4-6-13)11(2)15/h3-6,10-11,14,17H,7-9,15H2,1-2H3. The summed E-state index contributed by atoms with van der Waals surface area (Å²) in [5.74, 6) is 0.141. The van der Waals surface area contributed by atoms with Crippen LogP contribution >= 0.6 is 0 Å². The quantitative estimate of drug-likeness (QED) is 0.875. The van der Waals surface area contributed by atoms with Gasteiger partial charge in [0.2, 0.25) is 10.0 Å². The largest absolute Gasteiger partial charge is 0.391 e. The summed E-state index contributed by atoms with van der Waals surface area (Å²) >= 11 is 0. The third kappa shape index (κ3) is 3.03. The molecule has 0 amide bonds. The molecule has 3 atom stereocenters. The van der Waals surface area contributed by atoms with Crippen molar-refractivity contribution < 1.29 is 13.5 Å². The number of nitrogens with two attached hydrogens (primary N) is 1. The Kier molecular flexibility index (Phi) is 4.49. The third-order valence-electron chi connectivity index (χ3n) is 3.93. The van der Waals surface area contributed by atoms with Crippen molar-refractivity contribution in [3.8, 4) is 0 Å². The van der Waals surface area contributed by atoms with E-state index in [0.29, 0.717) is 13.0 Å². The molecule has 0 aromatic heterocycles. The summed E-state index contributed by atoms with van der Waals surface area (Å²) in [6.45, 7) is 4.41. The molecule has 6 heteroatoms. The van der Waals surface area contributed by atoms with Crippen LogP contribution in [-0.2, 0) is 10.0 Å². The van der Waals surface area contributed by atoms with Gasteiger partial charge in [-0.05, 0) is 37.0 Å². The lowest BCUT2D eigenvalue weighted by Crippen LogP contribution is -2.45. The molecule has 1 aliphatic heterocycles. The number of aliphatic hydroxyl groups is 1. The summed E-state index contributed by atoms with van der Waals surface area (Å²) in [6.07, 6.45) is 0.0834. The van der Waals surface area contributed by atoms with Crippen LogP contribution in [0, 0.1) is 5.92 Å². The van der Waals surface area contributed by atoms with E-state index in [1.54, 1.807) is 24.3 Å². The summed E-state index contributed by atoms with van der Waals surface area (Å²) in [7, 11) is -3.53. The molecule has 0 spiro atoms. The van der Waals surface area contributed by atoms with Crippen molar-refractivity contribution in [1.82, 2.24) is 4.31 Å². The Morgan fingerprint density at radius 3 is 2.45 bits per heavy atom. The Hall–Kier alpha value is -0.950. The van der Waals surface area contributed by atoms with Crippen LogP contribution in [0.25, 0.3) is 0 Å². The average Bonchev–Trinajstić information content (AvgIpc) is 2.41. The molecule has 2 rings (SSSR count). The summed E-state index contributed by atoms with van der Waals surface area (Å²) in [5, 5.41) is 9.85. The number of hydrogen-bond donors (Lipinski definition) is 2. The fraction of sp³-hybridized carbons (Fsp3) is 0.571. The van der Waals surface area contributed by atoms with Gasteiger partial charge in [-0.25, -0.2) is 8.42 Å². The van der Waals surface area contributed by atoms with Crippen LogP contribution in [0.2, 0.25) is 0 Å². The first-order valence-corrected chi connectivity index (χ1v) is 8.30. The van der Waals surface area contributed by atoms with Crippen LogP contribution in [-0.4, -0.2) is 37.0 Å². The zero-order valence-corrected chi connectivity index (χ0v) is 12.7. The number of nitrogens with zero attached hydrogens (tertiary/aromatic N) is 1. The van der Waals surface area contributed by atoms with Crippen LogP contribution in [0.1, 0.15) is 31.9 Å². The van der Waals surface area contributed by atoms with E-state index in [0.717, 1.165) is 5.56 Å². The van der Waals surface area contributed by atoms with E-state index in [4.69, 9.17) is 5.73 Å². The fourth-order valence-corrected chi connectivity index (χ4v) is 3.80. The lowest BCUT2D eigenvalue weighted by atomic mass is 9.98. The van der Waals surface area contributed by atoms with Crippen molar-refractivity contribution in [2.45, 2.75) is 37.3 Å². The van der Waals surface area contributed by atoms with Gasteiger partial charge in [-0.3, -0.25) is 0 Å². The van der Waals surface area contributed by atoms with Gasteiger partial charge >= 0.3 is 0 Å². The first-order chi connectivity index (χ1) is 9.32. The van der Waals surface area contributed by atoms with Crippen molar-refractivity contribution in [3.63, 3.8) is 0 Å². The first-order valence-electron chi connectivity index (χ1n) is 6.86. The van der Waals surface area contributed by atoms with Crippen molar-refractivity contribution in [2.24, 2.45) is 11.7 Å². The van der Waals surface area contributed by atoms with Gasteiger partial charge in [0, 0.05) is 19.1 Å². The van der Waals surface area contributed by atoms with E-state index in [-0.39, 0.29) is 23.4 Å². The Morgan fingerprint density at radius 1 is 1.35 bits per heavy atom. The number of β-amino-alcohol motifs (C(OH)–C–C–N with tert-alkyl or cyclic N) is 1. The summed E-state index contributed by atoms with van der Waals surface area (Å²) < 4.78 is 26.4. The minimum absolute atomic E-state index is 0.121. The summed E-state index contributed by atoms with van der Waals surface area (Å²) in [4.78, 5) is 0.253. The van der Waals surface area contributed by atoms with Crippen LogP contribution in [0.5, 0.6) is 0 Å². The Bertz CT molecular complexity index is 554. The molecule has 1 saturated heterocycles. The number of hydrogen-bond acceptors (Lipinski definition) is 4. The highest BCUT2D eigenvalue weighted by atomic mass is 32.2. The molecule has 3 N–H and O–H groups in total. The third-order valence-corrected chi connectivity index (χ3v) is 5.80. The Morgan fingerprint density at radius 2 is 1.95 bits per heavy atom. The van der Waals surface area contributed by atoms with Crippen LogP contribution in [0.4, 0.5) is 0 Å². The molecule has 3 unspecified atom stereocenters. The van der Waals surface area contributed by atoms with E-state index >= 15 is 0 Å². The number of sulfonamides is 1. The second-order valence-corrected chi connectivity index (χ2v) is 7.49. The molecule has 1 aliphatic rings. The second kappa shape index (κ2) is 5.81. The number of piperidine rings is 1. The molecular formula is C14H22N2O3S. The summed E-state index contributed by atoms with van der Waals surface area (Å²) in [6, 6.07) is 6.52. The lowest BCUT2D eigenvalue weighted by Gasteiger charge is -2.33. The SMILES string of the molecule is CC(N)c1ccc(S(=O)(=O)N2CCC(C)C(O)C2)cc1. The molecule has 1 aromatic rings. The molecule has 1 fully saturated rings. The fourth-order valence-electron chi connectivity index (χ4n) is 2.33. The Labute approximate surface area is 120 Å². The maximum absolute atomic E-state index is 12.5. The number of rotatable bonds is 3. The molecule has 0 saturated carbocycles. The van der Waals surface area contributed by atoms with Gasteiger partial charge in [-0.15, -0.1) is 0 Å². The maximum Gasteiger partial charge on any atom is 0.243 e. The molecule has 0 aliphatic carbocycles. The molecule has 1 heterocycles. The van der Waals surface area contributed by atoms with Gasteiger partial charge in [0.25, 0.3) is 0 Å². The molecule has 20 heavy (non-hydrogen) atoms. The topological polar surface area (TPSA) is 83.6 Å². The average molecular weight is 298 g/mol. The van der Waals surface area contributed by atoms with Gasteiger partial charge in [-0.1, -0.05) is 19.1 Å². The van der Waals surface area contributed by atoms with Gasteiger partial charge in [-0.2, -0.15) is 4.31 Å². The second-order valence-electron chi connectivity index (χ2n) is 5.55. The highest BCUT2D eigenvalue weighted by Gasteiger charge is 2.32. The highest BCUT2D eigenvalue weighted by molar-refractivity contribution is 7.89. The molecule has 0 bridgehead atoms. The normalized spacial score (nSPS) is 26.4. The van der Waals surface area contributed by atoms with E-state index in [1.165, 1.54) is 4.31 Å². The number of aliphatic hydroxyl groups excluding tert-OH is 1. The summed E-state index contributed by atoms with van der Waals surface area (Å²) in [5.41, 5.74) is 6.66. The molecule has 5 nitrogen and oxygen atoms in total. The lowest BCUT2D eigenvalue weighted by molar-refractivity contribution is 0.0605. The van der Waals surface area contributed by atoms with Crippen molar-refractivity contribution in [1.29, 1.82) is 0 Å². The number of benzene rings is 1. The predicted octanol–water partition coefficient (Wildman–Crippen LogP) is 1.10. The van der Waals surface area contributed by atoms with E-state index in [2.05, 4.69) is 0 Å². The van der Waals surface area contributed by atoms with Crippen molar-refractivity contribution in [2.75, 3.05) is 13.1 Å². The van der Waals surface area contributed by atoms with Crippen LogP contribution in [0.15, 0.2) is 29.2 Å². The smallest absolute Gasteiger partial charge is 0.243 e. The van der Waals surface area contributed by atoms with E-state index < -0.39 is 16.1 Å². The zero-order valence-electron chi connectivity index (χ0n) is 11.9. The highest BCUT2D eigenvalue weighted by Crippen LogP contribution is 2.24. The predicted molar refractivity (Wildman–Crippen MR) is 77.6 cm³/mol. The van der Waals surface area contributed by atoms with Crippen molar-refractivity contribution >= 4 is 10.0 Å². The van der Waals surface area contributed by atoms with Gasteiger partial charge in [0.1, 0.15) is 0 Å². The van der Waals surface area contributed by atoms with Gasteiger partial charge < -0.3 is 10.8 Å². The molecular weight excluding hydrogens is 276 g/mol. The van der Waals surface area contributed by atoms with Gasteiger partial charge in [0.05, 0.1) is 11.0 Å². The molecule has 112 valence electrons. The maximum atomic E-state index is 12.5. The van der Waals surface area contributed by atoms with Crippen molar-refractivity contribution in [3.05, 3.63) is 29.8 Å². The van der Waals surface area contributed by atoms with Crippen LogP contribution < -0.4 is 5.73 Å². The van der Waals surface area contributed by atoms with E-state index in [1.807, 2.05) is 13.8 Å². The first kappa shape index (κ1) is 15.4. The minimum atomic E-state index is -3.53.